The van der Waals surface area contributed by atoms with E-state index in [1.807, 2.05) is 24.0 Å². The first-order valence-electron chi connectivity index (χ1n) is 8.75. The summed E-state index contributed by atoms with van der Waals surface area (Å²) in [5.41, 5.74) is 0.938. The lowest BCUT2D eigenvalue weighted by atomic mass is 9.96. The number of ether oxygens (including phenoxy) is 1. The van der Waals surface area contributed by atoms with Crippen LogP contribution in [-0.4, -0.2) is 47.5 Å². The number of piperidine rings is 1. The monoisotopic (exact) mass is 331 g/mol. The normalized spacial score (nSPS) is 24.0. The first-order chi connectivity index (χ1) is 11.6. The fourth-order valence-electron chi connectivity index (χ4n) is 3.38. The number of nitrogens with zero attached hydrogens (tertiary/aromatic N) is 2. The van der Waals surface area contributed by atoms with Crippen molar-refractivity contribution in [2.75, 3.05) is 25.0 Å². The van der Waals surface area contributed by atoms with Gasteiger partial charge in [-0.1, -0.05) is 6.07 Å². The van der Waals surface area contributed by atoms with E-state index < -0.39 is 0 Å². The third-order valence-electron chi connectivity index (χ3n) is 4.82. The summed E-state index contributed by atoms with van der Waals surface area (Å²) in [5.74, 6) is 0.485. The standard InChI is InChI=1S/C18H25N3O3/c1-13-5-2-8-19-17(13)20-18(23)14-6-3-9-21(12-14)16(22)11-15-7-4-10-24-15/h2,5,8,14-15H,3-4,6-7,9-12H2,1H3,(H,19,20,23)/t14-,15+/m1/s1. The number of carbonyl (C=O) groups is 2. The van der Waals surface area contributed by atoms with Gasteiger partial charge < -0.3 is 15.0 Å². The van der Waals surface area contributed by atoms with Crippen molar-refractivity contribution in [3.05, 3.63) is 23.9 Å². The molecule has 3 rings (SSSR count). The molecule has 24 heavy (non-hydrogen) atoms. The minimum atomic E-state index is -0.173. The smallest absolute Gasteiger partial charge is 0.230 e. The predicted molar refractivity (Wildman–Crippen MR) is 90.5 cm³/mol. The Morgan fingerprint density at radius 1 is 1.38 bits per heavy atom. The van der Waals surface area contributed by atoms with Crippen LogP contribution in [0.1, 0.15) is 37.7 Å². The average molecular weight is 331 g/mol. The highest BCUT2D eigenvalue weighted by atomic mass is 16.5. The van der Waals surface area contributed by atoms with Crippen LogP contribution in [0.3, 0.4) is 0 Å². The molecule has 1 aromatic rings. The maximum Gasteiger partial charge on any atom is 0.230 e. The number of hydrogen-bond acceptors (Lipinski definition) is 4. The average Bonchev–Trinajstić information content (AvgIpc) is 3.10. The second-order valence-corrected chi connectivity index (χ2v) is 6.68. The first kappa shape index (κ1) is 16.9. The Morgan fingerprint density at radius 2 is 2.25 bits per heavy atom. The van der Waals surface area contributed by atoms with Gasteiger partial charge >= 0.3 is 0 Å². The van der Waals surface area contributed by atoms with Gasteiger partial charge in [-0.25, -0.2) is 4.98 Å². The molecule has 0 radical (unpaired) electrons. The molecule has 2 atom stereocenters. The van der Waals surface area contributed by atoms with E-state index in [1.54, 1.807) is 6.20 Å². The zero-order valence-electron chi connectivity index (χ0n) is 14.2. The number of anilines is 1. The molecule has 0 unspecified atom stereocenters. The molecule has 0 aromatic carbocycles. The van der Waals surface area contributed by atoms with Crippen LogP contribution < -0.4 is 5.32 Å². The van der Waals surface area contributed by atoms with Crippen LogP contribution in [0.5, 0.6) is 0 Å². The van der Waals surface area contributed by atoms with Crippen LogP contribution in [0.25, 0.3) is 0 Å². The number of likely N-dealkylation sites (tertiary alicyclic amines) is 1. The Hall–Kier alpha value is -1.95. The highest BCUT2D eigenvalue weighted by Gasteiger charge is 2.30. The van der Waals surface area contributed by atoms with Crippen molar-refractivity contribution < 1.29 is 14.3 Å². The summed E-state index contributed by atoms with van der Waals surface area (Å²) in [6, 6.07) is 3.76. The van der Waals surface area contributed by atoms with Crippen LogP contribution in [0.15, 0.2) is 18.3 Å². The summed E-state index contributed by atoms with van der Waals surface area (Å²) in [4.78, 5) is 31.0. The fourth-order valence-corrected chi connectivity index (χ4v) is 3.38. The maximum absolute atomic E-state index is 12.5. The molecule has 3 heterocycles. The zero-order valence-corrected chi connectivity index (χ0v) is 14.2. The van der Waals surface area contributed by atoms with E-state index in [0.717, 1.165) is 44.4 Å². The second kappa shape index (κ2) is 7.75. The van der Waals surface area contributed by atoms with E-state index in [-0.39, 0.29) is 23.8 Å². The molecule has 1 N–H and O–H groups in total. The van der Waals surface area contributed by atoms with Crippen molar-refractivity contribution in [1.29, 1.82) is 0 Å². The van der Waals surface area contributed by atoms with Gasteiger partial charge in [0.05, 0.1) is 18.4 Å². The highest BCUT2D eigenvalue weighted by Crippen LogP contribution is 2.22. The molecule has 2 saturated heterocycles. The molecule has 0 saturated carbocycles. The number of nitrogens with one attached hydrogen (secondary N) is 1. The number of hydrogen-bond donors (Lipinski definition) is 1. The molecule has 1 aromatic heterocycles. The van der Waals surface area contributed by atoms with Gasteiger partial charge in [0.2, 0.25) is 11.8 Å². The molecule has 2 fully saturated rings. The lowest BCUT2D eigenvalue weighted by molar-refractivity contribution is -0.136. The van der Waals surface area contributed by atoms with Crippen LogP contribution >= 0.6 is 0 Å². The van der Waals surface area contributed by atoms with E-state index in [4.69, 9.17) is 4.74 Å². The molecule has 6 heteroatoms. The number of pyridine rings is 1. The predicted octanol–water partition coefficient (Wildman–Crippen LogP) is 2.14. The molecule has 2 aliphatic heterocycles. The lowest BCUT2D eigenvalue weighted by Crippen LogP contribution is -2.44. The number of aromatic nitrogens is 1. The van der Waals surface area contributed by atoms with Crippen LogP contribution in [-0.2, 0) is 14.3 Å². The molecular formula is C18H25N3O3. The van der Waals surface area contributed by atoms with Crippen molar-refractivity contribution in [3.63, 3.8) is 0 Å². The summed E-state index contributed by atoms with van der Waals surface area (Å²) < 4.78 is 5.55. The van der Waals surface area contributed by atoms with Crippen LogP contribution in [0, 0.1) is 12.8 Å². The van der Waals surface area contributed by atoms with Gasteiger partial charge in [-0.2, -0.15) is 0 Å². The minimum absolute atomic E-state index is 0.0496. The first-order valence-corrected chi connectivity index (χ1v) is 8.75. The summed E-state index contributed by atoms with van der Waals surface area (Å²) in [6.45, 7) is 3.90. The third kappa shape index (κ3) is 4.12. The Kier molecular flexibility index (Phi) is 5.45. The molecule has 0 spiro atoms. The van der Waals surface area contributed by atoms with Crippen molar-refractivity contribution in [1.82, 2.24) is 9.88 Å². The molecule has 6 nitrogen and oxygen atoms in total. The fraction of sp³-hybridized carbons (Fsp3) is 0.611. The third-order valence-corrected chi connectivity index (χ3v) is 4.82. The van der Waals surface area contributed by atoms with Gasteiger partial charge in [0.15, 0.2) is 0 Å². The van der Waals surface area contributed by atoms with Crippen molar-refractivity contribution in [2.24, 2.45) is 5.92 Å². The summed E-state index contributed by atoms with van der Waals surface area (Å²) in [6.07, 6.45) is 5.82. The number of carbonyl (C=O) groups excluding carboxylic acids is 2. The maximum atomic E-state index is 12.5. The van der Waals surface area contributed by atoms with Crippen molar-refractivity contribution in [3.8, 4) is 0 Å². The SMILES string of the molecule is Cc1cccnc1NC(=O)[C@@H]1CCCN(C(=O)C[C@@H]2CCCO2)C1. The van der Waals surface area contributed by atoms with E-state index in [9.17, 15) is 9.59 Å². The summed E-state index contributed by atoms with van der Waals surface area (Å²) in [5, 5.41) is 2.90. The molecule has 130 valence electrons. The Bertz CT molecular complexity index is 599. The Balaban J connectivity index is 1.55. The Labute approximate surface area is 142 Å². The van der Waals surface area contributed by atoms with E-state index in [0.29, 0.717) is 18.8 Å². The Morgan fingerprint density at radius 3 is 3.00 bits per heavy atom. The molecule has 0 aliphatic carbocycles. The van der Waals surface area contributed by atoms with Gasteiger partial charge in [0.25, 0.3) is 0 Å². The van der Waals surface area contributed by atoms with E-state index in [2.05, 4.69) is 10.3 Å². The minimum Gasteiger partial charge on any atom is -0.378 e. The quantitative estimate of drug-likeness (QED) is 0.917. The van der Waals surface area contributed by atoms with Gasteiger partial charge in [0.1, 0.15) is 5.82 Å². The van der Waals surface area contributed by atoms with Crippen LogP contribution in [0.2, 0.25) is 0 Å². The van der Waals surface area contributed by atoms with Gasteiger partial charge in [-0.3, -0.25) is 9.59 Å². The van der Waals surface area contributed by atoms with E-state index in [1.165, 1.54) is 0 Å². The van der Waals surface area contributed by atoms with Gasteiger partial charge in [-0.05, 0) is 44.2 Å². The summed E-state index contributed by atoms with van der Waals surface area (Å²) >= 11 is 0. The largest absolute Gasteiger partial charge is 0.378 e. The topological polar surface area (TPSA) is 71.5 Å². The number of aryl methyl sites for hydroxylation is 1. The highest BCUT2D eigenvalue weighted by molar-refractivity contribution is 5.93. The zero-order chi connectivity index (χ0) is 16.9. The van der Waals surface area contributed by atoms with Crippen LogP contribution in [0.4, 0.5) is 5.82 Å². The number of rotatable bonds is 4. The van der Waals surface area contributed by atoms with Gasteiger partial charge in [-0.15, -0.1) is 0 Å². The second-order valence-electron chi connectivity index (χ2n) is 6.68. The lowest BCUT2D eigenvalue weighted by Gasteiger charge is -2.32. The molecule has 0 bridgehead atoms. The van der Waals surface area contributed by atoms with Crippen molar-refractivity contribution >= 4 is 17.6 Å². The molecule has 2 amide bonds. The van der Waals surface area contributed by atoms with E-state index >= 15 is 0 Å². The molecular weight excluding hydrogens is 306 g/mol. The summed E-state index contributed by atoms with van der Waals surface area (Å²) in [7, 11) is 0. The van der Waals surface area contributed by atoms with Gasteiger partial charge in [0, 0.05) is 25.9 Å². The number of amides is 2. The molecule has 2 aliphatic rings. The van der Waals surface area contributed by atoms with Crippen molar-refractivity contribution in [2.45, 2.75) is 45.1 Å².